The highest BCUT2D eigenvalue weighted by atomic mass is 79.9. The number of amides is 1. The molecule has 0 spiro atoms. The zero-order chi connectivity index (χ0) is 16.8. The predicted octanol–water partition coefficient (Wildman–Crippen LogP) is 3.81. The molecule has 0 aliphatic carbocycles. The maximum atomic E-state index is 12.3. The summed E-state index contributed by atoms with van der Waals surface area (Å²) in [6.07, 6.45) is 3.55. The smallest absolute Gasteiger partial charge is 0.246 e. The van der Waals surface area contributed by atoms with Gasteiger partial charge in [0.25, 0.3) is 0 Å². The van der Waals surface area contributed by atoms with Crippen LogP contribution in [0.2, 0.25) is 0 Å². The first-order chi connectivity index (χ1) is 11.7. The summed E-state index contributed by atoms with van der Waals surface area (Å²) in [6.45, 7) is 4.37. The second-order valence-corrected chi connectivity index (χ2v) is 6.89. The Morgan fingerprint density at radius 2 is 1.75 bits per heavy atom. The van der Waals surface area contributed by atoms with E-state index in [1.54, 1.807) is 6.08 Å². The van der Waals surface area contributed by atoms with Gasteiger partial charge in [-0.05, 0) is 29.3 Å². The number of rotatable bonds is 4. The first kappa shape index (κ1) is 16.9. The number of hydrogen-bond acceptors (Lipinski definition) is 2. The van der Waals surface area contributed by atoms with E-state index < -0.39 is 0 Å². The van der Waals surface area contributed by atoms with Crippen LogP contribution in [0.3, 0.4) is 0 Å². The third kappa shape index (κ3) is 4.79. The molecular formula is C20H21BrN2O. The molecule has 0 bridgehead atoms. The fourth-order valence-electron chi connectivity index (χ4n) is 2.85. The van der Waals surface area contributed by atoms with Crippen molar-refractivity contribution < 1.29 is 4.79 Å². The van der Waals surface area contributed by atoms with Crippen molar-refractivity contribution in [3.05, 3.63) is 76.3 Å². The molecule has 0 aromatic heterocycles. The molecule has 0 N–H and O–H groups in total. The lowest BCUT2D eigenvalue weighted by atomic mass is 10.2. The Morgan fingerprint density at radius 3 is 2.46 bits per heavy atom. The van der Waals surface area contributed by atoms with Crippen LogP contribution in [0.15, 0.2) is 65.1 Å². The van der Waals surface area contributed by atoms with E-state index >= 15 is 0 Å². The van der Waals surface area contributed by atoms with E-state index in [2.05, 4.69) is 45.1 Å². The quantitative estimate of drug-likeness (QED) is 0.748. The van der Waals surface area contributed by atoms with E-state index in [4.69, 9.17) is 0 Å². The van der Waals surface area contributed by atoms with Crippen LogP contribution in [0, 0.1) is 0 Å². The zero-order valence-corrected chi connectivity index (χ0v) is 15.2. The molecule has 1 saturated heterocycles. The molecule has 1 amide bonds. The van der Waals surface area contributed by atoms with Gasteiger partial charge in [0.2, 0.25) is 5.91 Å². The minimum atomic E-state index is 0.0920. The van der Waals surface area contributed by atoms with Crippen LogP contribution in [0.5, 0.6) is 0 Å². The summed E-state index contributed by atoms with van der Waals surface area (Å²) in [7, 11) is 0. The minimum absolute atomic E-state index is 0.0920. The summed E-state index contributed by atoms with van der Waals surface area (Å²) in [5.41, 5.74) is 2.35. The van der Waals surface area contributed by atoms with E-state index in [1.165, 1.54) is 5.56 Å². The molecule has 0 atom stereocenters. The van der Waals surface area contributed by atoms with Gasteiger partial charge in [-0.15, -0.1) is 0 Å². The number of nitrogens with zero attached hydrogens (tertiary/aromatic N) is 2. The van der Waals surface area contributed by atoms with Crippen LogP contribution in [-0.4, -0.2) is 41.9 Å². The van der Waals surface area contributed by atoms with Crippen molar-refractivity contribution in [1.82, 2.24) is 9.80 Å². The van der Waals surface area contributed by atoms with Gasteiger partial charge in [0.05, 0.1) is 0 Å². The van der Waals surface area contributed by atoms with E-state index in [-0.39, 0.29) is 5.91 Å². The third-order valence-corrected chi connectivity index (χ3v) is 4.69. The summed E-state index contributed by atoms with van der Waals surface area (Å²) in [5.74, 6) is 0.0920. The largest absolute Gasteiger partial charge is 0.337 e. The number of halogens is 1. The Labute approximate surface area is 151 Å². The van der Waals surface area contributed by atoms with Gasteiger partial charge >= 0.3 is 0 Å². The van der Waals surface area contributed by atoms with E-state index in [9.17, 15) is 4.79 Å². The van der Waals surface area contributed by atoms with Gasteiger partial charge in [-0.1, -0.05) is 58.4 Å². The van der Waals surface area contributed by atoms with Gasteiger partial charge < -0.3 is 4.90 Å². The zero-order valence-electron chi connectivity index (χ0n) is 13.6. The fraction of sp³-hybridized carbons (Fsp3) is 0.250. The van der Waals surface area contributed by atoms with Crippen molar-refractivity contribution in [3.8, 4) is 0 Å². The number of carbonyl (C=O) groups is 1. The Bertz CT molecular complexity index is 707. The van der Waals surface area contributed by atoms with Crippen molar-refractivity contribution in [3.63, 3.8) is 0 Å². The van der Waals surface area contributed by atoms with Crippen LogP contribution in [0.4, 0.5) is 0 Å². The molecule has 0 radical (unpaired) electrons. The van der Waals surface area contributed by atoms with Crippen LogP contribution < -0.4 is 0 Å². The van der Waals surface area contributed by atoms with Gasteiger partial charge in [0.1, 0.15) is 0 Å². The molecule has 4 heteroatoms. The summed E-state index contributed by atoms with van der Waals surface area (Å²) < 4.78 is 1.02. The van der Waals surface area contributed by atoms with Crippen molar-refractivity contribution in [1.29, 1.82) is 0 Å². The molecule has 1 aliphatic heterocycles. The maximum absolute atomic E-state index is 12.3. The lowest BCUT2D eigenvalue weighted by Crippen LogP contribution is -2.47. The van der Waals surface area contributed by atoms with Gasteiger partial charge in [-0.3, -0.25) is 9.69 Å². The molecule has 1 fully saturated rings. The second-order valence-electron chi connectivity index (χ2n) is 5.98. The highest BCUT2D eigenvalue weighted by Gasteiger charge is 2.19. The van der Waals surface area contributed by atoms with Gasteiger partial charge in [0, 0.05) is 43.3 Å². The molecule has 3 rings (SSSR count). The molecule has 2 aromatic rings. The molecule has 0 saturated carbocycles. The number of hydrogen-bond donors (Lipinski definition) is 0. The molecule has 124 valence electrons. The van der Waals surface area contributed by atoms with E-state index in [1.807, 2.05) is 41.3 Å². The number of benzene rings is 2. The average molecular weight is 385 g/mol. The number of carbonyl (C=O) groups excluding carboxylic acids is 1. The minimum Gasteiger partial charge on any atom is -0.337 e. The Morgan fingerprint density at radius 1 is 1.00 bits per heavy atom. The first-order valence-electron chi connectivity index (χ1n) is 8.19. The summed E-state index contributed by atoms with van der Waals surface area (Å²) >= 11 is 3.44. The monoisotopic (exact) mass is 384 g/mol. The SMILES string of the molecule is O=C(C=Cc1cccc(Br)c1)N1CCN(Cc2ccccc2)CC1. The Balaban J connectivity index is 1.50. The summed E-state index contributed by atoms with van der Waals surface area (Å²) in [6, 6.07) is 18.4. The highest BCUT2D eigenvalue weighted by molar-refractivity contribution is 9.10. The first-order valence-corrected chi connectivity index (χ1v) is 8.99. The van der Waals surface area contributed by atoms with E-state index in [0.29, 0.717) is 0 Å². The molecule has 2 aromatic carbocycles. The fourth-order valence-corrected chi connectivity index (χ4v) is 3.27. The molecule has 1 heterocycles. The normalized spacial score (nSPS) is 15.8. The van der Waals surface area contributed by atoms with Crippen molar-refractivity contribution in [2.24, 2.45) is 0 Å². The van der Waals surface area contributed by atoms with Crippen LogP contribution in [0.25, 0.3) is 6.08 Å². The maximum Gasteiger partial charge on any atom is 0.246 e. The third-order valence-electron chi connectivity index (χ3n) is 4.20. The molecule has 0 unspecified atom stereocenters. The molecule has 1 aliphatic rings. The lowest BCUT2D eigenvalue weighted by molar-refractivity contribution is -0.127. The molecule has 3 nitrogen and oxygen atoms in total. The highest BCUT2D eigenvalue weighted by Crippen LogP contribution is 2.13. The molecular weight excluding hydrogens is 364 g/mol. The van der Waals surface area contributed by atoms with Crippen molar-refractivity contribution in [2.45, 2.75) is 6.54 Å². The van der Waals surface area contributed by atoms with Gasteiger partial charge in [0.15, 0.2) is 0 Å². The van der Waals surface area contributed by atoms with Gasteiger partial charge in [-0.25, -0.2) is 0 Å². The number of piperazine rings is 1. The van der Waals surface area contributed by atoms with Crippen molar-refractivity contribution in [2.75, 3.05) is 26.2 Å². The Kier molecular flexibility index (Phi) is 5.83. The lowest BCUT2D eigenvalue weighted by Gasteiger charge is -2.34. The van der Waals surface area contributed by atoms with Crippen LogP contribution in [-0.2, 0) is 11.3 Å². The van der Waals surface area contributed by atoms with Crippen LogP contribution >= 0.6 is 15.9 Å². The van der Waals surface area contributed by atoms with Gasteiger partial charge in [-0.2, -0.15) is 0 Å². The molecule has 24 heavy (non-hydrogen) atoms. The second kappa shape index (κ2) is 8.27. The predicted molar refractivity (Wildman–Crippen MR) is 101 cm³/mol. The summed E-state index contributed by atoms with van der Waals surface area (Å²) in [5, 5.41) is 0. The Hall–Kier alpha value is -1.91. The van der Waals surface area contributed by atoms with Crippen molar-refractivity contribution >= 4 is 27.9 Å². The standard InChI is InChI=1S/C20H21BrN2O/c21-19-8-4-7-17(15-19)9-10-20(24)23-13-11-22(12-14-23)16-18-5-2-1-3-6-18/h1-10,15H,11-14,16H2. The summed E-state index contributed by atoms with van der Waals surface area (Å²) in [4.78, 5) is 16.7. The average Bonchev–Trinajstić information content (AvgIpc) is 2.61. The van der Waals surface area contributed by atoms with Crippen LogP contribution in [0.1, 0.15) is 11.1 Å². The van der Waals surface area contributed by atoms with E-state index in [0.717, 1.165) is 42.8 Å². The topological polar surface area (TPSA) is 23.6 Å².